The van der Waals surface area contributed by atoms with Crippen LogP contribution in [0.3, 0.4) is 0 Å². The summed E-state index contributed by atoms with van der Waals surface area (Å²) in [4.78, 5) is 33.8. The van der Waals surface area contributed by atoms with Gasteiger partial charge in [0.15, 0.2) is 0 Å². The Kier molecular flexibility index (Phi) is 2.65. The molecule has 0 fully saturated rings. The molecule has 1 aliphatic carbocycles. The number of aryl methyl sites for hydroxylation is 1. The average Bonchev–Trinajstić information content (AvgIpc) is 2.53. The van der Waals surface area contributed by atoms with Gasteiger partial charge in [0, 0.05) is 16.6 Å². The summed E-state index contributed by atoms with van der Waals surface area (Å²) in [5.41, 5.74) is 2.36. The van der Waals surface area contributed by atoms with Crippen molar-refractivity contribution in [1.29, 1.82) is 0 Å². The number of nitrogens with zero attached hydrogens (tertiary/aromatic N) is 2. The normalized spacial score (nSPS) is 13.2. The van der Waals surface area contributed by atoms with Crippen LogP contribution in [0.5, 0.6) is 0 Å². The zero-order valence-electron chi connectivity index (χ0n) is 11.6. The van der Waals surface area contributed by atoms with Gasteiger partial charge in [0.1, 0.15) is 11.4 Å². The van der Waals surface area contributed by atoms with Crippen LogP contribution in [-0.4, -0.2) is 21.5 Å². The van der Waals surface area contributed by atoms with Crippen LogP contribution in [0.1, 0.15) is 37.7 Å². The van der Waals surface area contributed by atoms with E-state index in [1.807, 2.05) is 0 Å². The number of aromatic nitrogens is 2. The fraction of sp³-hybridized carbons (Fsp3) is 0.0588. The number of hydrogen-bond acceptors (Lipinski definition) is 4. The minimum absolute atomic E-state index is 0.186. The highest BCUT2D eigenvalue weighted by Gasteiger charge is 2.33. The van der Waals surface area contributed by atoms with E-state index in [4.69, 9.17) is 11.6 Å². The highest BCUT2D eigenvalue weighted by atomic mass is 35.5. The molecular weight excluding hydrogens is 300 g/mol. The summed E-state index contributed by atoms with van der Waals surface area (Å²) in [6, 6.07) is 8.47. The summed E-state index contributed by atoms with van der Waals surface area (Å²) in [5, 5.41) is 1.33. The van der Waals surface area contributed by atoms with E-state index in [0.717, 1.165) is 5.39 Å². The van der Waals surface area contributed by atoms with Crippen molar-refractivity contribution in [3.8, 4) is 0 Å². The van der Waals surface area contributed by atoms with Gasteiger partial charge in [0.2, 0.25) is 11.6 Å². The van der Waals surface area contributed by atoms with Crippen molar-refractivity contribution >= 4 is 34.1 Å². The average molecular weight is 309 g/mol. The minimum atomic E-state index is -0.267. The molecule has 0 saturated heterocycles. The Hall–Kier alpha value is -2.59. The number of pyridine rings is 2. The molecule has 4 rings (SSSR count). The van der Waals surface area contributed by atoms with E-state index in [-0.39, 0.29) is 23.0 Å². The van der Waals surface area contributed by atoms with Gasteiger partial charge < -0.3 is 0 Å². The molecule has 3 aromatic rings. The highest BCUT2D eigenvalue weighted by molar-refractivity contribution is 6.32. The predicted molar refractivity (Wildman–Crippen MR) is 82.6 cm³/mol. The van der Waals surface area contributed by atoms with Crippen molar-refractivity contribution in [2.24, 2.45) is 0 Å². The third-order valence-electron chi connectivity index (χ3n) is 3.92. The molecule has 106 valence electrons. The number of fused-ring (bicyclic) bond motifs is 3. The topological polar surface area (TPSA) is 59.9 Å². The number of carbonyl (C=O) groups is 2. The van der Waals surface area contributed by atoms with Crippen LogP contribution in [0.2, 0.25) is 5.02 Å². The maximum atomic E-state index is 12.7. The Balaban J connectivity index is 2.12. The van der Waals surface area contributed by atoms with Crippen molar-refractivity contribution in [1.82, 2.24) is 9.97 Å². The van der Waals surface area contributed by atoms with E-state index in [1.54, 1.807) is 37.3 Å². The second kappa shape index (κ2) is 4.45. The Morgan fingerprint density at radius 3 is 2.68 bits per heavy atom. The summed E-state index contributed by atoms with van der Waals surface area (Å²) in [7, 11) is 0. The van der Waals surface area contributed by atoms with Gasteiger partial charge in [-0.25, -0.2) is 4.98 Å². The van der Waals surface area contributed by atoms with Crippen LogP contribution < -0.4 is 0 Å². The number of carbonyl (C=O) groups excluding carboxylic acids is 2. The van der Waals surface area contributed by atoms with Crippen molar-refractivity contribution in [2.75, 3.05) is 0 Å². The first-order chi connectivity index (χ1) is 10.6. The molecule has 0 atom stereocenters. The minimum Gasteiger partial charge on any atom is -0.287 e. The molecule has 0 spiro atoms. The highest BCUT2D eigenvalue weighted by Crippen LogP contribution is 2.32. The molecule has 0 aliphatic heterocycles. The van der Waals surface area contributed by atoms with Gasteiger partial charge in [0.25, 0.3) is 0 Å². The standard InChI is InChI=1S/C17H9ClN2O2/c1-8-11-7-9(18)4-5-12(11)20-15-13(8)17(22)14-10(16(15)21)3-2-6-19-14/h2-7H,1H3. The maximum absolute atomic E-state index is 12.7. The summed E-state index contributed by atoms with van der Waals surface area (Å²) in [6.45, 7) is 1.80. The molecule has 0 N–H and O–H groups in total. The van der Waals surface area contributed by atoms with Crippen LogP contribution in [-0.2, 0) is 0 Å². The molecule has 0 radical (unpaired) electrons. The fourth-order valence-electron chi connectivity index (χ4n) is 2.85. The second-order valence-corrected chi connectivity index (χ2v) is 5.62. The number of rotatable bonds is 0. The maximum Gasteiger partial charge on any atom is 0.214 e. The third-order valence-corrected chi connectivity index (χ3v) is 4.15. The SMILES string of the molecule is Cc1c2c(nc3ccc(Cl)cc13)C(=O)c1cccnc1C2=O. The first-order valence-electron chi connectivity index (χ1n) is 6.72. The monoisotopic (exact) mass is 308 g/mol. The van der Waals surface area contributed by atoms with E-state index >= 15 is 0 Å². The predicted octanol–water partition coefficient (Wildman–Crippen LogP) is 3.37. The van der Waals surface area contributed by atoms with E-state index < -0.39 is 0 Å². The largest absolute Gasteiger partial charge is 0.287 e. The van der Waals surface area contributed by atoms with Crippen LogP contribution in [0.15, 0.2) is 36.5 Å². The fourth-order valence-corrected chi connectivity index (χ4v) is 3.02. The first-order valence-corrected chi connectivity index (χ1v) is 7.10. The van der Waals surface area contributed by atoms with Crippen molar-refractivity contribution < 1.29 is 9.59 Å². The molecule has 4 nitrogen and oxygen atoms in total. The molecule has 0 unspecified atom stereocenters. The van der Waals surface area contributed by atoms with E-state index in [0.29, 0.717) is 27.2 Å². The summed E-state index contributed by atoms with van der Waals surface area (Å²) in [5.74, 6) is -0.533. The molecule has 2 aromatic heterocycles. The zero-order chi connectivity index (χ0) is 15.4. The Morgan fingerprint density at radius 2 is 1.86 bits per heavy atom. The molecule has 0 saturated carbocycles. The number of ketones is 2. The molecule has 0 amide bonds. The summed E-state index contributed by atoms with van der Waals surface area (Å²) in [6.07, 6.45) is 1.51. The molecule has 2 heterocycles. The summed E-state index contributed by atoms with van der Waals surface area (Å²) >= 11 is 6.03. The lowest BCUT2D eigenvalue weighted by Gasteiger charge is -2.18. The van der Waals surface area contributed by atoms with Crippen LogP contribution in [0.4, 0.5) is 0 Å². The zero-order valence-corrected chi connectivity index (χ0v) is 12.3. The molecular formula is C17H9ClN2O2. The number of hydrogen-bond donors (Lipinski definition) is 0. The molecule has 0 bridgehead atoms. The third kappa shape index (κ3) is 1.64. The molecule has 5 heteroatoms. The Labute approximate surface area is 130 Å². The van der Waals surface area contributed by atoms with E-state index in [9.17, 15) is 9.59 Å². The van der Waals surface area contributed by atoms with Crippen molar-refractivity contribution in [2.45, 2.75) is 6.92 Å². The van der Waals surface area contributed by atoms with Gasteiger partial charge in [-0.2, -0.15) is 0 Å². The van der Waals surface area contributed by atoms with E-state index in [2.05, 4.69) is 9.97 Å². The molecule has 22 heavy (non-hydrogen) atoms. The lowest BCUT2D eigenvalue weighted by molar-refractivity contribution is 0.0971. The molecule has 1 aliphatic rings. The van der Waals surface area contributed by atoms with Gasteiger partial charge in [-0.1, -0.05) is 11.6 Å². The van der Waals surface area contributed by atoms with Crippen LogP contribution in [0.25, 0.3) is 10.9 Å². The lowest BCUT2D eigenvalue weighted by atomic mass is 9.86. The lowest BCUT2D eigenvalue weighted by Crippen LogP contribution is -2.24. The summed E-state index contributed by atoms with van der Waals surface area (Å²) < 4.78 is 0. The van der Waals surface area contributed by atoms with Gasteiger partial charge >= 0.3 is 0 Å². The van der Waals surface area contributed by atoms with Gasteiger partial charge in [-0.15, -0.1) is 0 Å². The first kappa shape index (κ1) is 13.1. The van der Waals surface area contributed by atoms with Crippen LogP contribution >= 0.6 is 11.6 Å². The van der Waals surface area contributed by atoms with Gasteiger partial charge in [0.05, 0.1) is 16.6 Å². The Bertz CT molecular complexity index is 995. The smallest absolute Gasteiger partial charge is 0.214 e. The van der Waals surface area contributed by atoms with Gasteiger partial charge in [-0.3, -0.25) is 14.6 Å². The van der Waals surface area contributed by atoms with Gasteiger partial charge in [-0.05, 0) is 42.8 Å². The van der Waals surface area contributed by atoms with Crippen LogP contribution in [0, 0.1) is 6.92 Å². The number of halogens is 1. The van der Waals surface area contributed by atoms with Crippen molar-refractivity contribution in [3.63, 3.8) is 0 Å². The second-order valence-electron chi connectivity index (χ2n) is 5.18. The van der Waals surface area contributed by atoms with Crippen molar-refractivity contribution in [3.05, 3.63) is 69.6 Å². The number of benzene rings is 1. The molecule has 1 aromatic carbocycles. The Morgan fingerprint density at radius 1 is 1.05 bits per heavy atom. The quantitative estimate of drug-likeness (QED) is 0.500. The van der Waals surface area contributed by atoms with E-state index in [1.165, 1.54) is 6.20 Å².